The third kappa shape index (κ3) is 1.08. The molecule has 1 aliphatic heterocycles. The molecule has 0 saturated heterocycles. The predicted octanol–water partition coefficient (Wildman–Crippen LogP) is 2.47. The molecule has 14 heavy (non-hydrogen) atoms. The van der Waals surface area contributed by atoms with Crippen LogP contribution in [0.15, 0.2) is 18.2 Å². The molecule has 0 atom stereocenters. The van der Waals surface area contributed by atoms with Crippen LogP contribution in [0.25, 0.3) is 10.9 Å². The third-order valence-electron chi connectivity index (χ3n) is 2.82. The van der Waals surface area contributed by atoms with E-state index in [0.29, 0.717) is 0 Å². The van der Waals surface area contributed by atoms with Gasteiger partial charge in [0, 0.05) is 23.1 Å². The molecule has 1 aromatic carbocycles. The summed E-state index contributed by atoms with van der Waals surface area (Å²) in [7, 11) is 0. The molecule has 0 fully saturated rings. The van der Waals surface area contributed by atoms with Gasteiger partial charge in [-0.15, -0.1) is 0 Å². The lowest BCUT2D eigenvalue weighted by Crippen LogP contribution is -2.23. The van der Waals surface area contributed by atoms with Crippen LogP contribution < -0.4 is 5.32 Å². The van der Waals surface area contributed by atoms with E-state index in [0.717, 1.165) is 30.0 Å². The molecular weight excluding hydrogens is 196 g/mol. The van der Waals surface area contributed by atoms with Gasteiger partial charge in [0.05, 0.1) is 5.02 Å². The number of nitrogens with one attached hydrogen (secondary N) is 2. The maximum absolute atomic E-state index is 6.19. The highest BCUT2D eigenvalue weighted by Gasteiger charge is 2.16. The molecule has 1 aliphatic rings. The Bertz CT molecular complexity index is 487. The molecule has 0 spiro atoms. The second kappa shape index (κ2) is 3.01. The standard InChI is InChI=1S/C11H11ClN2/c12-8-2-1-3-9-11(8)7-4-5-13-6-10(7)14-9/h1-3,13-14H,4-6H2. The van der Waals surface area contributed by atoms with E-state index < -0.39 is 0 Å². The molecular formula is C11H11ClN2. The van der Waals surface area contributed by atoms with Crippen molar-refractivity contribution in [1.82, 2.24) is 10.3 Å². The first kappa shape index (κ1) is 8.33. The van der Waals surface area contributed by atoms with Crippen molar-refractivity contribution in [1.29, 1.82) is 0 Å². The van der Waals surface area contributed by atoms with Gasteiger partial charge >= 0.3 is 0 Å². The summed E-state index contributed by atoms with van der Waals surface area (Å²) < 4.78 is 0. The van der Waals surface area contributed by atoms with Gasteiger partial charge in [0.1, 0.15) is 0 Å². The molecule has 0 aliphatic carbocycles. The van der Waals surface area contributed by atoms with Crippen LogP contribution in [0.2, 0.25) is 5.02 Å². The second-order valence-electron chi connectivity index (χ2n) is 3.67. The maximum Gasteiger partial charge on any atom is 0.0502 e. The van der Waals surface area contributed by atoms with Gasteiger partial charge in [-0.3, -0.25) is 0 Å². The molecule has 2 nitrogen and oxygen atoms in total. The Kier molecular flexibility index (Phi) is 1.79. The van der Waals surface area contributed by atoms with Crippen LogP contribution in [-0.2, 0) is 13.0 Å². The number of rotatable bonds is 0. The Hall–Kier alpha value is -0.990. The number of hydrogen-bond donors (Lipinski definition) is 2. The van der Waals surface area contributed by atoms with Gasteiger partial charge in [-0.2, -0.15) is 0 Å². The van der Waals surface area contributed by atoms with E-state index in [1.165, 1.54) is 16.6 Å². The first-order chi connectivity index (χ1) is 6.86. The largest absolute Gasteiger partial charge is 0.357 e. The van der Waals surface area contributed by atoms with Crippen molar-refractivity contribution in [2.24, 2.45) is 0 Å². The van der Waals surface area contributed by atoms with E-state index in [4.69, 9.17) is 11.6 Å². The molecule has 3 heteroatoms. The lowest BCUT2D eigenvalue weighted by molar-refractivity contribution is 0.637. The lowest BCUT2D eigenvalue weighted by atomic mass is 10.0. The van der Waals surface area contributed by atoms with Crippen LogP contribution in [0.3, 0.4) is 0 Å². The minimum absolute atomic E-state index is 0.863. The Labute approximate surface area is 87.3 Å². The lowest BCUT2D eigenvalue weighted by Gasteiger charge is -2.12. The molecule has 2 N–H and O–H groups in total. The van der Waals surface area contributed by atoms with Gasteiger partial charge in [0.25, 0.3) is 0 Å². The number of halogens is 1. The van der Waals surface area contributed by atoms with Crippen LogP contribution >= 0.6 is 11.6 Å². The molecule has 0 amide bonds. The number of aromatic amines is 1. The summed E-state index contributed by atoms with van der Waals surface area (Å²) in [5, 5.41) is 5.42. The number of fused-ring (bicyclic) bond motifs is 3. The van der Waals surface area contributed by atoms with Crippen LogP contribution in [0.1, 0.15) is 11.3 Å². The monoisotopic (exact) mass is 206 g/mol. The zero-order valence-corrected chi connectivity index (χ0v) is 8.49. The minimum Gasteiger partial charge on any atom is -0.357 e. The summed E-state index contributed by atoms with van der Waals surface area (Å²) in [5.41, 5.74) is 3.84. The Morgan fingerprint density at radius 3 is 3.14 bits per heavy atom. The molecule has 2 aromatic rings. The average Bonchev–Trinajstić information content (AvgIpc) is 2.57. The summed E-state index contributed by atoms with van der Waals surface area (Å²) in [6, 6.07) is 6.03. The fourth-order valence-corrected chi connectivity index (χ4v) is 2.47. The van der Waals surface area contributed by atoms with Crippen molar-refractivity contribution in [2.75, 3.05) is 6.54 Å². The van der Waals surface area contributed by atoms with Crippen molar-refractivity contribution < 1.29 is 0 Å². The van der Waals surface area contributed by atoms with Gasteiger partial charge in [-0.05, 0) is 30.7 Å². The molecule has 0 unspecified atom stereocenters. The van der Waals surface area contributed by atoms with Gasteiger partial charge in [-0.25, -0.2) is 0 Å². The highest BCUT2D eigenvalue weighted by Crippen LogP contribution is 2.30. The fourth-order valence-electron chi connectivity index (χ4n) is 2.18. The highest BCUT2D eigenvalue weighted by atomic mass is 35.5. The van der Waals surface area contributed by atoms with Crippen molar-refractivity contribution in [3.63, 3.8) is 0 Å². The zero-order chi connectivity index (χ0) is 9.54. The van der Waals surface area contributed by atoms with E-state index in [-0.39, 0.29) is 0 Å². The Morgan fingerprint density at radius 1 is 1.29 bits per heavy atom. The second-order valence-corrected chi connectivity index (χ2v) is 4.08. The maximum atomic E-state index is 6.19. The first-order valence-electron chi connectivity index (χ1n) is 4.85. The van der Waals surface area contributed by atoms with E-state index in [9.17, 15) is 0 Å². The Morgan fingerprint density at radius 2 is 2.21 bits per heavy atom. The van der Waals surface area contributed by atoms with E-state index in [1.807, 2.05) is 12.1 Å². The topological polar surface area (TPSA) is 27.8 Å². The quantitative estimate of drug-likeness (QED) is 0.681. The van der Waals surface area contributed by atoms with Crippen LogP contribution in [0.5, 0.6) is 0 Å². The number of hydrogen-bond acceptors (Lipinski definition) is 1. The van der Waals surface area contributed by atoms with Crippen LogP contribution in [-0.4, -0.2) is 11.5 Å². The van der Waals surface area contributed by atoms with E-state index in [2.05, 4.69) is 16.4 Å². The van der Waals surface area contributed by atoms with Crippen LogP contribution in [0.4, 0.5) is 0 Å². The average molecular weight is 207 g/mol. The van der Waals surface area contributed by atoms with Crippen molar-refractivity contribution in [3.8, 4) is 0 Å². The molecule has 0 saturated carbocycles. The van der Waals surface area contributed by atoms with Crippen molar-refractivity contribution in [3.05, 3.63) is 34.5 Å². The van der Waals surface area contributed by atoms with Crippen molar-refractivity contribution in [2.45, 2.75) is 13.0 Å². The van der Waals surface area contributed by atoms with Gasteiger partial charge in [0.2, 0.25) is 0 Å². The SMILES string of the molecule is Clc1cccc2[nH]c3c(c12)CCNC3. The Balaban J connectivity index is 2.38. The molecule has 0 bridgehead atoms. The highest BCUT2D eigenvalue weighted by molar-refractivity contribution is 6.35. The number of aromatic nitrogens is 1. The smallest absolute Gasteiger partial charge is 0.0502 e. The van der Waals surface area contributed by atoms with E-state index >= 15 is 0 Å². The summed E-state index contributed by atoms with van der Waals surface area (Å²) in [5.74, 6) is 0. The summed E-state index contributed by atoms with van der Waals surface area (Å²) >= 11 is 6.19. The van der Waals surface area contributed by atoms with Crippen LogP contribution in [0, 0.1) is 0 Å². The number of H-pyrrole nitrogens is 1. The molecule has 3 rings (SSSR count). The fraction of sp³-hybridized carbons (Fsp3) is 0.273. The van der Waals surface area contributed by atoms with Gasteiger partial charge < -0.3 is 10.3 Å². The summed E-state index contributed by atoms with van der Waals surface area (Å²) in [4.78, 5) is 3.41. The zero-order valence-electron chi connectivity index (χ0n) is 7.73. The van der Waals surface area contributed by atoms with Crippen molar-refractivity contribution >= 4 is 22.5 Å². The first-order valence-corrected chi connectivity index (χ1v) is 5.23. The van der Waals surface area contributed by atoms with Gasteiger partial charge in [0.15, 0.2) is 0 Å². The molecule has 2 heterocycles. The third-order valence-corrected chi connectivity index (χ3v) is 3.13. The summed E-state index contributed by atoms with van der Waals surface area (Å²) in [6.45, 7) is 1.98. The van der Waals surface area contributed by atoms with Gasteiger partial charge in [-0.1, -0.05) is 17.7 Å². The molecule has 0 radical (unpaired) electrons. The normalized spacial score (nSPS) is 15.8. The minimum atomic E-state index is 0.863. The summed E-state index contributed by atoms with van der Waals surface area (Å²) in [6.07, 6.45) is 1.07. The predicted molar refractivity (Wildman–Crippen MR) is 58.7 cm³/mol. The number of benzene rings is 1. The molecule has 1 aromatic heterocycles. The molecule has 72 valence electrons. The van der Waals surface area contributed by atoms with E-state index in [1.54, 1.807) is 0 Å².